The van der Waals surface area contributed by atoms with Crippen molar-refractivity contribution in [2.75, 3.05) is 4.90 Å². The molecule has 1 atom stereocenters. The summed E-state index contributed by atoms with van der Waals surface area (Å²) in [6.45, 7) is 1.78. The first-order valence-electron chi connectivity index (χ1n) is 10.2. The number of hydrogen-bond donors (Lipinski definition) is 1. The molecule has 0 saturated carbocycles. The highest BCUT2D eigenvalue weighted by Gasteiger charge is 2.36. The van der Waals surface area contributed by atoms with Crippen molar-refractivity contribution in [2.45, 2.75) is 13.0 Å². The van der Waals surface area contributed by atoms with Gasteiger partial charge in [-0.3, -0.25) is 4.90 Å². The number of aromatic nitrogens is 2. The summed E-state index contributed by atoms with van der Waals surface area (Å²) < 4.78 is 19.6. The molecule has 2 amide bonds. The Hall–Kier alpha value is -3.97. The smallest absolute Gasteiger partial charge is 0.327 e. The van der Waals surface area contributed by atoms with Gasteiger partial charge in [0.25, 0.3) is 5.89 Å². The van der Waals surface area contributed by atoms with Gasteiger partial charge in [-0.15, -0.1) is 0 Å². The van der Waals surface area contributed by atoms with Crippen molar-refractivity contribution < 1.29 is 13.7 Å². The van der Waals surface area contributed by atoms with Gasteiger partial charge in [0.05, 0.1) is 17.3 Å². The maximum Gasteiger partial charge on any atom is 0.327 e. The Balaban J connectivity index is 1.65. The largest absolute Gasteiger partial charge is 0.334 e. The molecule has 5 rings (SSSR count). The number of carbonyl (C=O) groups excluding carboxylic acids is 1. The predicted molar refractivity (Wildman–Crippen MR) is 124 cm³/mol. The van der Waals surface area contributed by atoms with Crippen LogP contribution >= 0.6 is 11.6 Å². The summed E-state index contributed by atoms with van der Waals surface area (Å²) in [5.41, 5.74) is 3.17. The van der Waals surface area contributed by atoms with E-state index in [-0.39, 0.29) is 11.9 Å². The van der Waals surface area contributed by atoms with Gasteiger partial charge in [0.1, 0.15) is 5.82 Å². The van der Waals surface area contributed by atoms with Gasteiger partial charge in [-0.2, -0.15) is 4.98 Å². The van der Waals surface area contributed by atoms with E-state index in [4.69, 9.17) is 16.1 Å². The van der Waals surface area contributed by atoms with Crippen molar-refractivity contribution in [3.63, 3.8) is 0 Å². The zero-order valence-electron chi connectivity index (χ0n) is 17.5. The summed E-state index contributed by atoms with van der Waals surface area (Å²) in [5.74, 6) is 0.207. The van der Waals surface area contributed by atoms with Crippen molar-refractivity contribution in [2.24, 2.45) is 0 Å². The van der Waals surface area contributed by atoms with E-state index in [2.05, 4.69) is 15.5 Å². The highest BCUT2D eigenvalue weighted by Crippen LogP contribution is 2.39. The highest BCUT2D eigenvalue weighted by molar-refractivity contribution is 6.30. The third kappa shape index (κ3) is 3.99. The van der Waals surface area contributed by atoms with Crippen molar-refractivity contribution in [3.05, 3.63) is 107 Å². The van der Waals surface area contributed by atoms with Gasteiger partial charge in [0.15, 0.2) is 0 Å². The molecule has 3 aromatic carbocycles. The van der Waals surface area contributed by atoms with Crippen LogP contribution in [0.15, 0.2) is 89.1 Å². The van der Waals surface area contributed by atoms with E-state index in [1.54, 1.807) is 43.3 Å². The lowest BCUT2D eigenvalue weighted by Crippen LogP contribution is -2.46. The minimum absolute atomic E-state index is 0.257. The molecular formula is C25H18ClFN4O2. The van der Waals surface area contributed by atoms with Crippen molar-refractivity contribution in [1.29, 1.82) is 0 Å². The van der Waals surface area contributed by atoms with E-state index >= 15 is 0 Å². The van der Waals surface area contributed by atoms with Crippen LogP contribution in [0.5, 0.6) is 0 Å². The molecule has 0 spiro atoms. The normalized spacial score (nSPS) is 16.2. The first-order valence-corrected chi connectivity index (χ1v) is 10.6. The molecule has 1 aliphatic heterocycles. The number of benzene rings is 3. The van der Waals surface area contributed by atoms with Crippen LogP contribution in [0, 0.1) is 5.82 Å². The summed E-state index contributed by atoms with van der Waals surface area (Å²) in [7, 11) is 0. The molecule has 164 valence electrons. The molecule has 0 aliphatic carbocycles. The summed E-state index contributed by atoms with van der Waals surface area (Å²) >= 11 is 5.99. The lowest BCUT2D eigenvalue weighted by molar-refractivity contribution is 0.244. The Morgan fingerprint density at radius 3 is 2.52 bits per heavy atom. The second-order valence-electron chi connectivity index (χ2n) is 7.54. The second-order valence-corrected chi connectivity index (χ2v) is 7.97. The highest BCUT2D eigenvalue weighted by atomic mass is 35.5. The molecule has 0 radical (unpaired) electrons. The molecule has 0 bridgehead atoms. The quantitative estimate of drug-likeness (QED) is 0.392. The molecule has 1 aliphatic rings. The van der Waals surface area contributed by atoms with Gasteiger partial charge >= 0.3 is 6.03 Å². The number of allylic oxidation sites excluding steroid dienone is 1. The predicted octanol–water partition coefficient (Wildman–Crippen LogP) is 6.23. The minimum Gasteiger partial charge on any atom is -0.334 e. The Kier molecular flexibility index (Phi) is 5.40. The van der Waals surface area contributed by atoms with Crippen LogP contribution in [0.2, 0.25) is 5.02 Å². The van der Waals surface area contributed by atoms with Gasteiger partial charge < -0.3 is 9.84 Å². The second kappa shape index (κ2) is 8.52. The molecule has 2 heterocycles. The molecule has 1 N–H and O–H groups in total. The average molecular weight is 461 g/mol. The van der Waals surface area contributed by atoms with Crippen LogP contribution < -0.4 is 10.2 Å². The van der Waals surface area contributed by atoms with Crippen molar-refractivity contribution >= 4 is 28.9 Å². The van der Waals surface area contributed by atoms with Gasteiger partial charge in [0, 0.05) is 16.3 Å². The fraction of sp³-hybridized carbons (Fsp3) is 0.0800. The zero-order valence-corrected chi connectivity index (χ0v) is 18.3. The van der Waals surface area contributed by atoms with Gasteiger partial charge in [0.2, 0.25) is 5.82 Å². The lowest BCUT2D eigenvalue weighted by atomic mass is 9.94. The van der Waals surface area contributed by atoms with Crippen LogP contribution in [0.1, 0.15) is 24.4 Å². The Morgan fingerprint density at radius 2 is 1.79 bits per heavy atom. The summed E-state index contributed by atoms with van der Waals surface area (Å²) in [5, 5.41) is 7.73. The van der Waals surface area contributed by atoms with E-state index in [0.29, 0.717) is 27.8 Å². The van der Waals surface area contributed by atoms with Gasteiger partial charge in [-0.1, -0.05) is 53.2 Å². The van der Waals surface area contributed by atoms with E-state index in [1.165, 1.54) is 17.0 Å². The molecule has 1 aromatic heterocycles. The number of amides is 2. The van der Waals surface area contributed by atoms with Gasteiger partial charge in [-0.05, 0) is 55.0 Å². The maximum absolute atomic E-state index is 13.9. The van der Waals surface area contributed by atoms with Crippen molar-refractivity contribution in [1.82, 2.24) is 15.5 Å². The Morgan fingerprint density at radius 1 is 1.03 bits per heavy atom. The summed E-state index contributed by atoms with van der Waals surface area (Å²) in [4.78, 5) is 19.1. The fourth-order valence-electron chi connectivity index (χ4n) is 3.89. The monoisotopic (exact) mass is 460 g/mol. The first-order chi connectivity index (χ1) is 16.0. The zero-order chi connectivity index (χ0) is 22.9. The molecule has 6 nitrogen and oxygen atoms in total. The number of nitrogens with one attached hydrogen (secondary N) is 1. The first kappa shape index (κ1) is 20.9. The number of hydrogen-bond acceptors (Lipinski definition) is 4. The molecule has 0 saturated heterocycles. The number of anilines is 1. The molecule has 33 heavy (non-hydrogen) atoms. The molecule has 0 fully saturated rings. The van der Waals surface area contributed by atoms with Crippen LogP contribution in [0.3, 0.4) is 0 Å². The van der Waals surface area contributed by atoms with Crippen LogP contribution in [-0.2, 0) is 0 Å². The Bertz CT molecular complexity index is 1350. The van der Waals surface area contributed by atoms with E-state index in [1.807, 2.05) is 30.3 Å². The fourth-order valence-corrected chi connectivity index (χ4v) is 4.02. The van der Waals surface area contributed by atoms with Gasteiger partial charge in [-0.25, -0.2) is 9.18 Å². The van der Waals surface area contributed by atoms with Crippen LogP contribution in [-0.4, -0.2) is 16.2 Å². The summed E-state index contributed by atoms with van der Waals surface area (Å²) in [6, 6.07) is 21.5. The molecular weight excluding hydrogens is 443 g/mol. The minimum atomic E-state index is -0.526. The van der Waals surface area contributed by atoms with Crippen molar-refractivity contribution in [3.8, 4) is 11.4 Å². The number of rotatable bonds is 4. The average Bonchev–Trinajstić information content (AvgIpc) is 3.29. The van der Waals surface area contributed by atoms with Crippen LogP contribution in [0.4, 0.5) is 14.9 Å². The Labute approximate surface area is 194 Å². The molecule has 1 unspecified atom stereocenters. The van der Waals surface area contributed by atoms with E-state index < -0.39 is 11.9 Å². The summed E-state index contributed by atoms with van der Waals surface area (Å²) in [6.07, 6.45) is 0. The lowest BCUT2D eigenvalue weighted by Gasteiger charge is -2.35. The number of nitrogens with zero attached hydrogens (tertiary/aromatic N) is 3. The third-order valence-electron chi connectivity index (χ3n) is 5.44. The topological polar surface area (TPSA) is 71.3 Å². The maximum atomic E-state index is 13.9. The molecule has 4 aromatic rings. The number of urea groups is 1. The van der Waals surface area contributed by atoms with E-state index in [0.717, 1.165) is 11.1 Å². The van der Waals surface area contributed by atoms with Crippen LogP contribution in [0.25, 0.3) is 17.0 Å². The number of halogens is 2. The standard InChI is InChI=1S/C25H18ClFN4O2/c1-15-21(24-29-23(30-33-24)17-10-12-18(26)13-11-17)22(16-6-3-2-4-7-16)28-25(32)31(15)20-9-5-8-19(27)14-20/h2-14,22H,1H3,(H,28,32). The van der Waals surface area contributed by atoms with E-state index in [9.17, 15) is 9.18 Å². The number of carbonyl (C=O) groups is 1. The SMILES string of the molecule is CC1=C(c2nc(-c3ccc(Cl)cc3)no2)C(c2ccccc2)NC(=O)N1c1cccc(F)c1. The third-order valence-corrected chi connectivity index (χ3v) is 5.69. The molecule has 8 heteroatoms.